The van der Waals surface area contributed by atoms with E-state index in [0.29, 0.717) is 34.7 Å². The van der Waals surface area contributed by atoms with E-state index in [-0.39, 0.29) is 18.2 Å². The highest BCUT2D eigenvalue weighted by atomic mass is 16.2. The van der Waals surface area contributed by atoms with Crippen LogP contribution in [0.4, 0.5) is 11.9 Å². The Balaban J connectivity index is 1.56. The second-order valence-electron chi connectivity index (χ2n) is 7.97. The van der Waals surface area contributed by atoms with Crippen LogP contribution < -0.4 is 15.5 Å². The molecule has 0 bridgehead atoms. The monoisotopic (exact) mass is 396 g/mol. The first-order chi connectivity index (χ1) is 14.1. The van der Waals surface area contributed by atoms with Crippen LogP contribution in [-0.2, 0) is 9.59 Å². The highest BCUT2D eigenvalue weighted by Gasteiger charge is 2.27. The summed E-state index contributed by atoms with van der Waals surface area (Å²) in [5.74, 6) is 0.707. The van der Waals surface area contributed by atoms with Gasteiger partial charge < -0.3 is 15.1 Å². The van der Waals surface area contributed by atoms with Gasteiger partial charge in [-0.25, -0.2) is 0 Å². The van der Waals surface area contributed by atoms with Crippen LogP contribution in [-0.4, -0.2) is 75.6 Å². The number of imide groups is 1. The lowest BCUT2D eigenvalue weighted by Crippen LogP contribution is -2.30. The maximum Gasteiger partial charge on any atom is 0.254 e. The van der Waals surface area contributed by atoms with Gasteiger partial charge in [0.1, 0.15) is 0 Å². The van der Waals surface area contributed by atoms with E-state index < -0.39 is 0 Å². The van der Waals surface area contributed by atoms with Gasteiger partial charge in [0.05, 0.1) is 12.6 Å². The SMILES string of the molecule is CN1CCCN(c2nc(NC3CC3)n3ncc(C=C4CC(=O)NC4=O)c3n2)CC1. The molecule has 2 aromatic heterocycles. The average Bonchev–Trinajstić information content (AvgIpc) is 3.38. The van der Waals surface area contributed by atoms with Gasteiger partial charge in [-0.1, -0.05) is 0 Å². The van der Waals surface area contributed by atoms with Crippen molar-refractivity contribution in [3.63, 3.8) is 0 Å². The molecule has 2 N–H and O–H groups in total. The van der Waals surface area contributed by atoms with E-state index in [1.807, 2.05) is 0 Å². The molecule has 1 saturated carbocycles. The summed E-state index contributed by atoms with van der Waals surface area (Å²) in [7, 11) is 2.13. The molecular weight excluding hydrogens is 372 g/mol. The lowest BCUT2D eigenvalue weighted by Gasteiger charge is -2.21. The summed E-state index contributed by atoms with van der Waals surface area (Å²) in [5.41, 5.74) is 1.77. The van der Waals surface area contributed by atoms with Crippen LogP contribution in [0, 0.1) is 0 Å². The molecule has 3 fully saturated rings. The van der Waals surface area contributed by atoms with E-state index in [9.17, 15) is 9.59 Å². The van der Waals surface area contributed by atoms with Crippen LogP contribution in [0.2, 0.25) is 0 Å². The van der Waals surface area contributed by atoms with Crippen LogP contribution in [0.25, 0.3) is 11.7 Å². The Kier molecular flexibility index (Phi) is 4.42. The number of fused-ring (bicyclic) bond motifs is 1. The fourth-order valence-corrected chi connectivity index (χ4v) is 3.69. The number of rotatable bonds is 4. The lowest BCUT2D eigenvalue weighted by molar-refractivity contribution is -0.124. The Morgan fingerprint density at radius 2 is 2.03 bits per heavy atom. The molecule has 0 aromatic carbocycles. The molecule has 10 nitrogen and oxygen atoms in total. The largest absolute Gasteiger partial charge is 0.351 e. The van der Waals surface area contributed by atoms with Gasteiger partial charge in [0, 0.05) is 36.8 Å². The van der Waals surface area contributed by atoms with Crippen LogP contribution in [0.15, 0.2) is 11.8 Å². The van der Waals surface area contributed by atoms with E-state index in [0.717, 1.165) is 45.4 Å². The van der Waals surface area contributed by atoms with E-state index in [2.05, 4.69) is 32.6 Å². The molecule has 10 heteroatoms. The Morgan fingerprint density at radius 3 is 2.79 bits per heavy atom. The predicted octanol–water partition coefficient (Wildman–Crippen LogP) is 0.270. The van der Waals surface area contributed by atoms with Gasteiger partial charge in [-0.2, -0.15) is 19.6 Å². The van der Waals surface area contributed by atoms with Crippen molar-refractivity contribution >= 4 is 35.4 Å². The summed E-state index contributed by atoms with van der Waals surface area (Å²) in [6.07, 6.45) is 6.75. The Bertz CT molecular complexity index is 1010. The first-order valence-electron chi connectivity index (χ1n) is 10.1. The minimum Gasteiger partial charge on any atom is -0.351 e. The van der Waals surface area contributed by atoms with E-state index in [1.54, 1.807) is 16.8 Å². The topological polar surface area (TPSA) is 108 Å². The lowest BCUT2D eigenvalue weighted by atomic mass is 10.1. The number of likely N-dealkylation sites (N-methyl/N-ethyl adjacent to an activating group) is 1. The first kappa shape index (κ1) is 18.0. The minimum absolute atomic E-state index is 0.0831. The molecule has 1 aliphatic carbocycles. The van der Waals surface area contributed by atoms with Crippen molar-refractivity contribution in [2.24, 2.45) is 0 Å². The van der Waals surface area contributed by atoms with Crippen LogP contribution in [0.1, 0.15) is 31.2 Å². The van der Waals surface area contributed by atoms with E-state index in [1.165, 1.54) is 0 Å². The number of aromatic nitrogens is 4. The molecule has 4 heterocycles. The fourth-order valence-electron chi connectivity index (χ4n) is 3.69. The fraction of sp³-hybridized carbons (Fsp3) is 0.526. The molecule has 0 atom stereocenters. The average molecular weight is 396 g/mol. The second kappa shape index (κ2) is 7.11. The first-order valence-corrected chi connectivity index (χ1v) is 10.1. The van der Waals surface area contributed by atoms with Crippen molar-refractivity contribution in [2.75, 3.05) is 43.4 Å². The second-order valence-corrected chi connectivity index (χ2v) is 7.97. The molecule has 2 aromatic rings. The Hall–Kier alpha value is -3.01. The summed E-state index contributed by atoms with van der Waals surface area (Å²) < 4.78 is 1.69. The Labute approximate surface area is 168 Å². The predicted molar refractivity (Wildman–Crippen MR) is 107 cm³/mol. The van der Waals surface area contributed by atoms with E-state index >= 15 is 0 Å². The maximum absolute atomic E-state index is 12.0. The number of nitrogens with zero attached hydrogens (tertiary/aromatic N) is 6. The summed E-state index contributed by atoms with van der Waals surface area (Å²) in [6.45, 7) is 3.76. The number of amides is 2. The zero-order valence-electron chi connectivity index (χ0n) is 16.4. The van der Waals surface area contributed by atoms with Crippen LogP contribution >= 0.6 is 0 Å². The van der Waals surface area contributed by atoms with Gasteiger partial charge in [-0.15, -0.1) is 0 Å². The smallest absolute Gasteiger partial charge is 0.254 e. The zero-order valence-corrected chi connectivity index (χ0v) is 16.4. The third kappa shape index (κ3) is 3.67. The van der Waals surface area contributed by atoms with Gasteiger partial charge >= 0.3 is 0 Å². The van der Waals surface area contributed by atoms with Crippen molar-refractivity contribution in [3.8, 4) is 0 Å². The van der Waals surface area contributed by atoms with E-state index in [4.69, 9.17) is 9.97 Å². The van der Waals surface area contributed by atoms with Gasteiger partial charge in [0.25, 0.3) is 5.91 Å². The highest BCUT2D eigenvalue weighted by Crippen LogP contribution is 2.27. The molecule has 2 amide bonds. The number of nitrogens with one attached hydrogen (secondary N) is 2. The summed E-state index contributed by atoms with van der Waals surface area (Å²) in [6, 6.07) is 0.417. The number of anilines is 2. The normalized spacial score (nSPS) is 22.4. The number of carbonyl (C=O) groups is 2. The number of hydrogen-bond donors (Lipinski definition) is 2. The summed E-state index contributed by atoms with van der Waals surface area (Å²) in [5, 5.41) is 10.2. The Morgan fingerprint density at radius 1 is 1.17 bits per heavy atom. The van der Waals surface area contributed by atoms with Crippen molar-refractivity contribution in [1.82, 2.24) is 29.8 Å². The maximum atomic E-state index is 12.0. The molecule has 0 unspecified atom stereocenters. The van der Waals surface area contributed by atoms with Crippen LogP contribution in [0.5, 0.6) is 0 Å². The molecule has 29 heavy (non-hydrogen) atoms. The molecule has 5 rings (SSSR count). The third-order valence-electron chi connectivity index (χ3n) is 5.52. The number of hydrogen-bond acceptors (Lipinski definition) is 8. The molecular formula is C19H24N8O2. The van der Waals surface area contributed by atoms with Crippen molar-refractivity contribution in [1.29, 1.82) is 0 Å². The van der Waals surface area contributed by atoms with Crippen molar-refractivity contribution in [2.45, 2.75) is 31.7 Å². The van der Waals surface area contributed by atoms with Gasteiger partial charge in [0.15, 0.2) is 5.65 Å². The minimum atomic E-state index is -0.351. The molecule has 3 aliphatic rings. The third-order valence-corrected chi connectivity index (χ3v) is 5.52. The van der Waals surface area contributed by atoms with Gasteiger partial charge in [-0.3, -0.25) is 14.9 Å². The summed E-state index contributed by atoms with van der Waals surface area (Å²) in [4.78, 5) is 37.6. The quantitative estimate of drug-likeness (QED) is 0.560. The molecule has 152 valence electrons. The summed E-state index contributed by atoms with van der Waals surface area (Å²) >= 11 is 0. The van der Waals surface area contributed by atoms with Crippen molar-refractivity contribution < 1.29 is 9.59 Å². The van der Waals surface area contributed by atoms with Gasteiger partial charge in [-0.05, 0) is 38.9 Å². The molecule has 2 aliphatic heterocycles. The molecule has 2 saturated heterocycles. The molecule has 0 spiro atoms. The van der Waals surface area contributed by atoms with Gasteiger partial charge in [0.2, 0.25) is 17.8 Å². The van der Waals surface area contributed by atoms with Crippen molar-refractivity contribution in [3.05, 3.63) is 17.3 Å². The zero-order chi connectivity index (χ0) is 20.0. The standard InChI is InChI=1S/C19H24N8O2/c1-25-5-2-6-26(8-7-25)18-23-16-13(9-12-10-15(28)22-17(12)29)11-20-27(16)19(24-18)21-14-3-4-14/h9,11,14H,2-8,10H2,1H3,(H,21,23,24)(H,22,28,29). The van der Waals surface area contributed by atoms with Crippen LogP contribution in [0.3, 0.4) is 0 Å². The number of carbonyl (C=O) groups excluding carboxylic acids is 2. The molecule has 0 radical (unpaired) electrons. The highest BCUT2D eigenvalue weighted by molar-refractivity contribution is 6.15.